The summed E-state index contributed by atoms with van der Waals surface area (Å²) in [7, 11) is -3.63. The molecule has 0 radical (unpaired) electrons. The van der Waals surface area contributed by atoms with Gasteiger partial charge in [-0.1, -0.05) is 43.7 Å². The van der Waals surface area contributed by atoms with E-state index in [2.05, 4.69) is 5.32 Å². The molecule has 0 unspecified atom stereocenters. The Kier molecular flexibility index (Phi) is 10.2. The molecule has 0 spiro atoms. The van der Waals surface area contributed by atoms with E-state index in [1.54, 1.807) is 6.92 Å². The lowest BCUT2D eigenvalue weighted by molar-refractivity contribution is -0.140. The summed E-state index contributed by atoms with van der Waals surface area (Å²) in [6.45, 7) is 8.49. The van der Waals surface area contributed by atoms with Crippen LogP contribution in [0, 0.1) is 18.7 Å². The molecular weight excluding hydrogens is 469 g/mol. The summed E-state index contributed by atoms with van der Waals surface area (Å²) in [4.78, 5) is 27.5. The van der Waals surface area contributed by atoms with Gasteiger partial charge in [0.25, 0.3) is 0 Å². The first kappa shape index (κ1) is 28.3. The molecule has 0 aromatic heterocycles. The van der Waals surface area contributed by atoms with Crippen molar-refractivity contribution in [1.29, 1.82) is 0 Å². The zero-order chi connectivity index (χ0) is 26.2. The summed E-state index contributed by atoms with van der Waals surface area (Å²) >= 11 is 0. The van der Waals surface area contributed by atoms with Gasteiger partial charge in [-0.25, -0.2) is 12.8 Å². The van der Waals surface area contributed by atoms with Gasteiger partial charge in [0.1, 0.15) is 11.9 Å². The third-order valence-electron chi connectivity index (χ3n) is 5.55. The standard InChI is InChI=1S/C26H36FN3O4S/c1-19(2)17-28-26(32)21(4)29(18-22-9-6-8-20(3)16-22)25(31)10-7-15-30(35(5,33)34)24-13-11-23(27)12-14-24/h6,8-9,11-14,16,19,21H,7,10,15,17-18H2,1-5H3,(H,28,32)/t21-/m0/s1. The lowest BCUT2D eigenvalue weighted by Crippen LogP contribution is -2.48. The van der Waals surface area contributed by atoms with E-state index in [9.17, 15) is 22.4 Å². The smallest absolute Gasteiger partial charge is 0.242 e. The molecule has 0 heterocycles. The second-order valence-electron chi connectivity index (χ2n) is 9.24. The van der Waals surface area contributed by atoms with Gasteiger partial charge >= 0.3 is 0 Å². The first-order valence-electron chi connectivity index (χ1n) is 11.7. The number of sulfonamides is 1. The third-order valence-corrected chi connectivity index (χ3v) is 6.75. The summed E-state index contributed by atoms with van der Waals surface area (Å²) in [6.07, 6.45) is 1.37. The summed E-state index contributed by atoms with van der Waals surface area (Å²) in [6, 6.07) is 12.2. The van der Waals surface area contributed by atoms with Crippen LogP contribution in [0.5, 0.6) is 0 Å². The van der Waals surface area contributed by atoms with Gasteiger partial charge in [0.05, 0.1) is 11.9 Å². The van der Waals surface area contributed by atoms with Crippen LogP contribution in [0.2, 0.25) is 0 Å². The number of hydrogen-bond acceptors (Lipinski definition) is 4. The van der Waals surface area contributed by atoms with Gasteiger partial charge in [-0.15, -0.1) is 0 Å². The molecule has 0 saturated carbocycles. The van der Waals surface area contributed by atoms with Crippen molar-refractivity contribution in [2.24, 2.45) is 5.92 Å². The fourth-order valence-corrected chi connectivity index (χ4v) is 4.62. The molecule has 0 fully saturated rings. The van der Waals surface area contributed by atoms with Gasteiger partial charge in [-0.3, -0.25) is 13.9 Å². The van der Waals surface area contributed by atoms with E-state index < -0.39 is 21.9 Å². The molecule has 0 saturated heterocycles. The molecular formula is C26H36FN3O4S. The molecule has 2 aromatic rings. The number of carbonyl (C=O) groups excluding carboxylic acids is 2. The zero-order valence-corrected chi connectivity index (χ0v) is 21.9. The van der Waals surface area contributed by atoms with Crippen molar-refractivity contribution in [2.45, 2.75) is 53.1 Å². The molecule has 192 valence electrons. The van der Waals surface area contributed by atoms with Crippen molar-refractivity contribution in [3.63, 3.8) is 0 Å². The van der Waals surface area contributed by atoms with Gasteiger partial charge < -0.3 is 10.2 Å². The summed E-state index contributed by atoms with van der Waals surface area (Å²) in [5.41, 5.74) is 2.29. The number of aryl methyl sites for hydroxylation is 1. The van der Waals surface area contributed by atoms with Gasteiger partial charge in [0.15, 0.2) is 0 Å². The minimum atomic E-state index is -3.63. The number of halogens is 1. The Labute approximate surface area is 208 Å². The molecule has 2 aromatic carbocycles. The average Bonchev–Trinajstić information content (AvgIpc) is 2.78. The number of anilines is 1. The van der Waals surface area contributed by atoms with E-state index in [4.69, 9.17) is 0 Å². The van der Waals surface area contributed by atoms with Crippen LogP contribution < -0.4 is 9.62 Å². The molecule has 0 bridgehead atoms. The van der Waals surface area contributed by atoms with Crippen LogP contribution in [-0.2, 0) is 26.2 Å². The van der Waals surface area contributed by atoms with Crippen molar-refractivity contribution in [3.05, 3.63) is 65.5 Å². The number of hydrogen-bond donors (Lipinski definition) is 1. The average molecular weight is 506 g/mol. The largest absolute Gasteiger partial charge is 0.354 e. The van der Waals surface area contributed by atoms with Crippen LogP contribution in [0.3, 0.4) is 0 Å². The van der Waals surface area contributed by atoms with Gasteiger partial charge in [0.2, 0.25) is 21.8 Å². The molecule has 1 N–H and O–H groups in total. The summed E-state index contributed by atoms with van der Waals surface area (Å²) < 4.78 is 39.1. The van der Waals surface area contributed by atoms with Crippen LogP contribution >= 0.6 is 0 Å². The number of rotatable bonds is 12. The normalized spacial score (nSPS) is 12.3. The summed E-state index contributed by atoms with van der Waals surface area (Å²) in [5.74, 6) is -0.663. The molecule has 2 rings (SSSR count). The number of amides is 2. The first-order valence-corrected chi connectivity index (χ1v) is 13.6. The quantitative estimate of drug-likeness (QED) is 0.475. The zero-order valence-electron chi connectivity index (χ0n) is 21.1. The lowest BCUT2D eigenvalue weighted by Gasteiger charge is -2.30. The minimum absolute atomic E-state index is 0.0564. The van der Waals surface area contributed by atoms with Crippen LogP contribution in [0.1, 0.15) is 44.7 Å². The highest BCUT2D eigenvalue weighted by atomic mass is 32.2. The highest BCUT2D eigenvalue weighted by Gasteiger charge is 2.26. The SMILES string of the molecule is Cc1cccc(CN(C(=O)CCCN(c2ccc(F)cc2)S(C)(=O)=O)[C@@H](C)C(=O)NCC(C)C)c1. The van der Waals surface area contributed by atoms with Crippen molar-refractivity contribution >= 4 is 27.5 Å². The van der Waals surface area contributed by atoms with Crippen LogP contribution in [0.25, 0.3) is 0 Å². The Morgan fingerprint density at radius 1 is 1.06 bits per heavy atom. The van der Waals surface area contributed by atoms with Crippen LogP contribution in [0.15, 0.2) is 48.5 Å². The van der Waals surface area contributed by atoms with E-state index in [0.29, 0.717) is 12.2 Å². The second kappa shape index (κ2) is 12.7. The van der Waals surface area contributed by atoms with E-state index in [1.165, 1.54) is 29.2 Å². The minimum Gasteiger partial charge on any atom is -0.354 e. The van der Waals surface area contributed by atoms with E-state index in [1.807, 2.05) is 45.0 Å². The number of carbonyl (C=O) groups is 2. The Hall–Kier alpha value is -2.94. The molecule has 0 aliphatic carbocycles. The maximum atomic E-state index is 13.3. The Balaban J connectivity index is 2.15. The van der Waals surface area contributed by atoms with Crippen molar-refractivity contribution in [2.75, 3.05) is 23.7 Å². The highest BCUT2D eigenvalue weighted by molar-refractivity contribution is 7.92. The number of nitrogens with one attached hydrogen (secondary N) is 1. The fraction of sp³-hybridized carbons (Fsp3) is 0.462. The van der Waals surface area contributed by atoms with Crippen LogP contribution in [0.4, 0.5) is 10.1 Å². The van der Waals surface area contributed by atoms with E-state index in [0.717, 1.165) is 21.7 Å². The molecule has 1 atom stereocenters. The maximum Gasteiger partial charge on any atom is 0.242 e. The van der Waals surface area contributed by atoms with E-state index >= 15 is 0 Å². The monoisotopic (exact) mass is 505 g/mol. The van der Waals surface area contributed by atoms with Gasteiger partial charge in [0, 0.05) is 26.1 Å². The van der Waals surface area contributed by atoms with Crippen molar-refractivity contribution < 1.29 is 22.4 Å². The topological polar surface area (TPSA) is 86.8 Å². The second-order valence-corrected chi connectivity index (χ2v) is 11.1. The van der Waals surface area contributed by atoms with Crippen LogP contribution in [-0.4, -0.2) is 50.5 Å². The van der Waals surface area contributed by atoms with E-state index in [-0.39, 0.29) is 43.7 Å². The Morgan fingerprint density at radius 2 is 1.71 bits per heavy atom. The van der Waals surface area contributed by atoms with Gasteiger partial charge in [-0.05, 0) is 56.0 Å². The molecule has 9 heteroatoms. The maximum absolute atomic E-state index is 13.3. The van der Waals surface area contributed by atoms with Gasteiger partial charge in [-0.2, -0.15) is 0 Å². The number of nitrogens with zero attached hydrogens (tertiary/aromatic N) is 2. The molecule has 7 nitrogen and oxygen atoms in total. The Bertz CT molecular complexity index is 1100. The number of benzene rings is 2. The predicted octanol–water partition coefficient (Wildman–Crippen LogP) is 3.87. The van der Waals surface area contributed by atoms with Crippen molar-refractivity contribution in [1.82, 2.24) is 10.2 Å². The molecule has 0 aliphatic rings. The first-order chi connectivity index (χ1) is 16.4. The summed E-state index contributed by atoms with van der Waals surface area (Å²) in [5, 5.41) is 2.88. The molecule has 35 heavy (non-hydrogen) atoms. The highest BCUT2D eigenvalue weighted by Crippen LogP contribution is 2.20. The molecule has 2 amide bonds. The lowest BCUT2D eigenvalue weighted by atomic mass is 10.1. The third kappa shape index (κ3) is 8.98. The Morgan fingerprint density at radius 3 is 2.29 bits per heavy atom. The van der Waals surface area contributed by atoms with Crippen molar-refractivity contribution in [3.8, 4) is 0 Å². The fourth-order valence-electron chi connectivity index (χ4n) is 3.65. The predicted molar refractivity (Wildman–Crippen MR) is 137 cm³/mol. The molecule has 0 aliphatic heterocycles.